The van der Waals surface area contributed by atoms with E-state index in [-0.39, 0.29) is 0 Å². The maximum atomic E-state index is 10.9. The Morgan fingerprint density at radius 2 is 1.89 bits per heavy atom. The van der Waals surface area contributed by atoms with Gasteiger partial charge >= 0.3 is 5.97 Å². The molecule has 0 aliphatic heterocycles. The molecule has 18 heavy (non-hydrogen) atoms. The van der Waals surface area contributed by atoms with Gasteiger partial charge in [0.15, 0.2) is 0 Å². The van der Waals surface area contributed by atoms with Gasteiger partial charge in [-0.3, -0.25) is 0 Å². The van der Waals surface area contributed by atoms with Crippen molar-refractivity contribution in [1.82, 2.24) is 0 Å². The van der Waals surface area contributed by atoms with Crippen LogP contribution in [0, 0.1) is 6.92 Å². The second kappa shape index (κ2) is 5.36. The third kappa shape index (κ3) is 2.88. The van der Waals surface area contributed by atoms with Gasteiger partial charge in [0.05, 0.1) is 5.56 Å². The van der Waals surface area contributed by atoms with E-state index in [0.29, 0.717) is 12.2 Å². The lowest BCUT2D eigenvalue weighted by Gasteiger charge is -2.08. The van der Waals surface area contributed by atoms with Gasteiger partial charge < -0.3 is 9.84 Å². The summed E-state index contributed by atoms with van der Waals surface area (Å²) in [6.45, 7) is 2.22. The molecule has 0 spiro atoms. The molecule has 0 aromatic heterocycles. The summed E-state index contributed by atoms with van der Waals surface area (Å²) in [7, 11) is 0. The minimum atomic E-state index is -0.900. The number of hydrogen-bond donors (Lipinski definition) is 1. The Hall–Kier alpha value is -2.29. The number of rotatable bonds is 4. The molecule has 0 fully saturated rings. The van der Waals surface area contributed by atoms with E-state index in [4.69, 9.17) is 9.84 Å². The first-order chi connectivity index (χ1) is 8.66. The number of ether oxygens (including phenoxy) is 1. The van der Waals surface area contributed by atoms with Gasteiger partial charge in [-0.25, -0.2) is 4.79 Å². The summed E-state index contributed by atoms with van der Waals surface area (Å²) in [5.41, 5.74) is 2.04. The van der Waals surface area contributed by atoms with Crippen LogP contribution in [0.3, 0.4) is 0 Å². The third-order valence-corrected chi connectivity index (χ3v) is 2.67. The van der Waals surface area contributed by atoms with Crippen molar-refractivity contribution in [3.63, 3.8) is 0 Å². The molecule has 0 bridgehead atoms. The van der Waals surface area contributed by atoms with Crippen LogP contribution in [0.25, 0.3) is 0 Å². The fourth-order valence-electron chi connectivity index (χ4n) is 1.74. The molecular weight excluding hydrogens is 228 g/mol. The summed E-state index contributed by atoms with van der Waals surface area (Å²) in [4.78, 5) is 10.9. The molecule has 2 aromatic rings. The molecule has 0 unspecified atom stereocenters. The molecule has 0 saturated heterocycles. The van der Waals surface area contributed by atoms with Gasteiger partial charge in [0.1, 0.15) is 12.4 Å². The largest absolute Gasteiger partial charge is 0.489 e. The molecule has 0 radical (unpaired) electrons. The van der Waals surface area contributed by atoms with Crippen LogP contribution in [0.2, 0.25) is 0 Å². The SMILES string of the molecule is Cc1cc(COc2ccccc2)ccc1C(=O)O. The summed E-state index contributed by atoms with van der Waals surface area (Å²) in [5, 5.41) is 8.93. The topological polar surface area (TPSA) is 46.5 Å². The van der Waals surface area contributed by atoms with E-state index in [1.165, 1.54) is 0 Å². The normalized spacial score (nSPS) is 10.1. The predicted octanol–water partition coefficient (Wildman–Crippen LogP) is 3.27. The van der Waals surface area contributed by atoms with E-state index < -0.39 is 5.97 Å². The first kappa shape index (κ1) is 12.2. The lowest BCUT2D eigenvalue weighted by Crippen LogP contribution is -2.02. The molecule has 3 heteroatoms. The van der Waals surface area contributed by atoms with Crippen molar-refractivity contribution in [2.45, 2.75) is 13.5 Å². The number of aromatic carboxylic acids is 1. The summed E-state index contributed by atoms with van der Waals surface area (Å²) in [6.07, 6.45) is 0. The summed E-state index contributed by atoms with van der Waals surface area (Å²) >= 11 is 0. The molecule has 2 aromatic carbocycles. The second-order valence-corrected chi connectivity index (χ2v) is 4.06. The highest BCUT2D eigenvalue weighted by molar-refractivity contribution is 5.89. The zero-order valence-corrected chi connectivity index (χ0v) is 10.1. The Kier molecular flexibility index (Phi) is 3.63. The molecule has 0 amide bonds. The average molecular weight is 242 g/mol. The number of carboxylic acid groups (broad SMARTS) is 1. The van der Waals surface area contributed by atoms with E-state index in [2.05, 4.69) is 0 Å². The minimum Gasteiger partial charge on any atom is -0.489 e. The number of hydrogen-bond acceptors (Lipinski definition) is 2. The van der Waals surface area contributed by atoms with E-state index in [1.54, 1.807) is 19.1 Å². The van der Waals surface area contributed by atoms with E-state index in [9.17, 15) is 4.79 Å². The number of aryl methyl sites for hydroxylation is 1. The third-order valence-electron chi connectivity index (χ3n) is 2.67. The van der Waals surface area contributed by atoms with Crippen molar-refractivity contribution < 1.29 is 14.6 Å². The van der Waals surface area contributed by atoms with E-state index in [1.807, 2.05) is 36.4 Å². The number of carbonyl (C=O) groups is 1. The standard InChI is InChI=1S/C15H14O3/c1-11-9-12(7-8-14(11)15(16)17)10-18-13-5-3-2-4-6-13/h2-9H,10H2,1H3,(H,16,17). The Morgan fingerprint density at radius 1 is 1.17 bits per heavy atom. The van der Waals surface area contributed by atoms with Gasteiger partial charge in [-0.2, -0.15) is 0 Å². The molecule has 92 valence electrons. The van der Waals surface area contributed by atoms with Gasteiger partial charge in [0, 0.05) is 0 Å². The van der Waals surface area contributed by atoms with Crippen LogP contribution >= 0.6 is 0 Å². The maximum Gasteiger partial charge on any atom is 0.335 e. The van der Waals surface area contributed by atoms with Crippen LogP contribution < -0.4 is 4.74 Å². The summed E-state index contributed by atoms with van der Waals surface area (Å²) < 4.78 is 5.60. The molecule has 3 nitrogen and oxygen atoms in total. The summed E-state index contributed by atoms with van der Waals surface area (Å²) in [5.74, 6) is -0.0968. The highest BCUT2D eigenvalue weighted by atomic mass is 16.5. The molecule has 0 saturated carbocycles. The van der Waals surface area contributed by atoms with Crippen LogP contribution in [0.15, 0.2) is 48.5 Å². The van der Waals surface area contributed by atoms with E-state index in [0.717, 1.165) is 16.9 Å². The van der Waals surface area contributed by atoms with Gasteiger partial charge in [-0.15, -0.1) is 0 Å². The molecular formula is C15H14O3. The molecule has 0 heterocycles. The smallest absolute Gasteiger partial charge is 0.335 e. The van der Waals surface area contributed by atoms with Gasteiger partial charge in [-0.05, 0) is 36.2 Å². The molecule has 2 rings (SSSR count). The first-order valence-corrected chi connectivity index (χ1v) is 5.67. The maximum absolute atomic E-state index is 10.9. The number of para-hydroxylation sites is 1. The Balaban J connectivity index is 2.07. The van der Waals surface area contributed by atoms with Crippen molar-refractivity contribution in [3.8, 4) is 5.75 Å². The highest BCUT2D eigenvalue weighted by Crippen LogP contribution is 2.15. The molecule has 0 atom stereocenters. The predicted molar refractivity (Wildman–Crippen MR) is 68.9 cm³/mol. The van der Waals surface area contributed by atoms with Crippen LogP contribution in [0.5, 0.6) is 5.75 Å². The van der Waals surface area contributed by atoms with Crippen LogP contribution in [0.1, 0.15) is 21.5 Å². The molecule has 1 N–H and O–H groups in total. The monoisotopic (exact) mass is 242 g/mol. The molecule has 0 aliphatic rings. The van der Waals surface area contributed by atoms with Crippen molar-refractivity contribution in [1.29, 1.82) is 0 Å². The minimum absolute atomic E-state index is 0.332. The van der Waals surface area contributed by atoms with Crippen molar-refractivity contribution in [2.24, 2.45) is 0 Å². The average Bonchev–Trinajstić information content (AvgIpc) is 2.37. The van der Waals surface area contributed by atoms with Crippen molar-refractivity contribution in [3.05, 3.63) is 65.2 Å². The second-order valence-electron chi connectivity index (χ2n) is 4.06. The molecule has 0 aliphatic carbocycles. The van der Waals surface area contributed by atoms with Crippen molar-refractivity contribution >= 4 is 5.97 Å². The van der Waals surface area contributed by atoms with Crippen molar-refractivity contribution in [2.75, 3.05) is 0 Å². The number of benzene rings is 2. The zero-order chi connectivity index (χ0) is 13.0. The summed E-state index contributed by atoms with van der Waals surface area (Å²) in [6, 6.07) is 14.8. The lowest BCUT2D eigenvalue weighted by molar-refractivity contribution is 0.0696. The van der Waals surface area contributed by atoms with Crippen LogP contribution in [-0.4, -0.2) is 11.1 Å². The van der Waals surface area contributed by atoms with Crippen LogP contribution in [-0.2, 0) is 6.61 Å². The van der Waals surface area contributed by atoms with Gasteiger partial charge in [0.25, 0.3) is 0 Å². The zero-order valence-electron chi connectivity index (χ0n) is 10.1. The Morgan fingerprint density at radius 3 is 2.50 bits per heavy atom. The fraction of sp³-hybridized carbons (Fsp3) is 0.133. The highest BCUT2D eigenvalue weighted by Gasteiger charge is 2.07. The lowest BCUT2D eigenvalue weighted by atomic mass is 10.1. The Labute approximate surface area is 106 Å². The quantitative estimate of drug-likeness (QED) is 0.895. The van der Waals surface area contributed by atoms with Crippen LogP contribution in [0.4, 0.5) is 0 Å². The first-order valence-electron chi connectivity index (χ1n) is 5.67. The van der Waals surface area contributed by atoms with Gasteiger partial charge in [0.2, 0.25) is 0 Å². The van der Waals surface area contributed by atoms with Gasteiger partial charge in [-0.1, -0.05) is 30.3 Å². The Bertz CT molecular complexity index is 547. The fourth-order valence-corrected chi connectivity index (χ4v) is 1.74. The number of carboxylic acids is 1. The van der Waals surface area contributed by atoms with E-state index >= 15 is 0 Å².